The van der Waals surface area contributed by atoms with E-state index >= 15 is 0 Å². The maximum absolute atomic E-state index is 5.67. The quantitative estimate of drug-likeness (QED) is 0.826. The maximum atomic E-state index is 5.67. The summed E-state index contributed by atoms with van der Waals surface area (Å²) >= 11 is 0. The van der Waals surface area contributed by atoms with Gasteiger partial charge in [-0.05, 0) is 18.8 Å². The average molecular weight is 224 g/mol. The normalized spacial score (nSPS) is 25.3. The Hall–Kier alpha value is -0.250. The highest BCUT2D eigenvalue weighted by Crippen LogP contribution is 2.26. The zero-order valence-corrected chi connectivity index (χ0v) is 8.93. The lowest BCUT2D eigenvalue weighted by atomic mass is 9.81. The third kappa shape index (κ3) is 3.18. The first-order valence-electron chi connectivity index (χ1n) is 4.06. The zero-order valence-electron chi connectivity index (χ0n) is 7.30. The van der Waals surface area contributed by atoms with Crippen LogP contribution in [0.25, 0.3) is 0 Å². The van der Waals surface area contributed by atoms with Crippen molar-refractivity contribution in [3.8, 4) is 0 Å². The highest BCUT2D eigenvalue weighted by Gasteiger charge is 2.25. The van der Waals surface area contributed by atoms with Gasteiger partial charge in [0.15, 0.2) is 0 Å². The molecule has 5 heteroatoms. The van der Waals surface area contributed by atoms with Gasteiger partial charge in [0.25, 0.3) is 0 Å². The lowest BCUT2D eigenvalue weighted by Gasteiger charge is -2.32. The Morgan fingerprint density at radius 2 is 2.08 bits per heavy atom. The van der Waals surface area contributed by atoms with Crippen LogP contribution in [-0.2, 0) is 6.54 Å². The van der Waals surface area contributed by atoms with Crippen LogP contribution in [0, 0.1) is 5.92 Å². The summed E-state index contributed by atoms with van der Waals surface area (Å²) in [6.45, 7) is 1.09. The highest BCUT2D eigenvalue weighted by molar-refractivity contribution is 5.85. The SMILES string of the molecule is Cl.Cl.NC1CC(Cn2ccnc2)C1. The summed E-state index contributed by atoms with van der Waals surface area (Å²) in [6, 6.07) is 0.462. The highest BCUT2D eigenvalue weighted by atomic mass is 35.5. The predicted octanol–water partition coefficient (Wildman–Crippen LogP) is 1.46. The molecule has 0 spiro atoms. The molecule has 1 heterocycles. The van der Waals surface area contributed by atoms with Crippen molar-refractivity contribution in [2.24, 2.45) is 11.7 Å². The molecule has 2 rings (SSSR count). The smallest absolute Gasteiger partial charge is 0.0945 e. The van der Waals surface area contributed by atoms with E-state index in [9.17, 15) is 0 Å². The molecule has 3 nitrogen and oxygen atoms in total. The van der Waals surface area contributed by atoms with Gasteiger partial charge in [-0.3, -0.25) is 0 Å². The van der Waals surface area contributed by atoms with E-state index < -0.39 is 0 Å². The largest absolute Gasteiger partial charge is 0.337 e. The number of nitrogens with zero attached hydrogens (tertiary/aromatic N) is 2. The molecule has 0 amide bonds. The molecule has 1 aromatic rings. The summed E-state index contributed by atoms with van der Waals surface area (Å²) in [7, 11) is 0. The van der Waals surface area contributed by atoms with Crippen molar-refractivity contribution in [2.45, 2.75) is 25.4 Å². The van der Waals surface area contributed by atoms with Gasteiger partial charge in [0, 0.05) is 25.0 Å². The molecule has 0 saturated heterocycles. The Labute approximate surface area is 90.5 Å². The van der Waals surface area contributed by atoms with E-state index in [4.69, 9.17) is 5.73 Å². The topological polar surface area (TPSA) is 43.8 Å². The molecule has 1 saturated carbocycles. The Morgan fingerprint density at radius 3 is 2.54 bits per heavy atom. The standard InChI is InChI=1S/C8H13N3.2ClH/c9-8-3-7(4-8)5-11-2-1-10-6-11;;/h1-2,6-8H,3-5,9H2;2*1H. The summed E-state index contributed by atoms with van der Waals surface area (Å²) < 4.78 is 2.12. The van der Waals surface area contributed by atoms with Gasteiger partial charge in [0.05, 0.1) is 6.33 Å². The first-order chi connectivity index (χ1) is 5.34. The Bertz CT molecular complexity index is 219. The molecule has 2 N–H and O–H groups in total. The molecule has 0 unspecified atom stereocenters. The summed E-state index contributed by atoms with van der Waals surface area (Å²) in [5.74, 6) is 0.791. The van der Waals surface area contributed by atoms with Gasteiger partial charge in [0.1, 0.15) is 0 Å². The van der Waals surface area contributed by atoms with Crippen molar-refractivity contribution in [3.05, 3.63) is 18.7 Å². The van der Waals surface area contributed by atoms with Crippen molar-refractivity contribution in [1.82, 2.24) is 9.55 Å². The lowest BCUT2D eigenvalue weighted by Crippen LogP contribution is -2.38. The van der Waals surface area contributed by atoms with Gasteiger partial charge in [-0.25, -0.2) is 4.98 Å². The van der Waals surface area contributed by atoms with Crippen LogP contribution in [0.2, 0.25) is 0 Å². The molecule has 1 aliphatic rings. The van der Waals surface area contributed by atoms with Crippen molar-refractivity contribution < 1.29 is 0 Å². The third-order valence-electron chi connectivity index (χ3n) is 2.30. The van der Waals surface area contributed by atoms with Crippen LogP contribution >= 0.6 is 24.8 Å². The van der Waals surface area contributed by atoms with E-state index in [1.54, 1.807) is 0 Å². The van der Waals surface area contributed by atoms with Crippen LogP contribution in [0.1, 0.15) is 12.8 Å². The lowest BCUT2D eigenvalue weighted by molar-refractivity contribution is 0.235. The Morgan fingerprint density at radius 1 is 1.38 bits per heavy atom. The van der Waals surface area contributed by atoms with Crippen LogP contribution in [0.4, 0.5) is 0 Å². The first kappa shape index (κ1) is 12.8. The monoisotopic (exact) mass is 223 g/mol. The number of rotatable bonds is 2. The minimum atomic E-state index is 0. The van der Waals surface area contributed by atoms with E-state index in [-0.39, 0.29) is 24.8 Å². The van der Waals surface area contributed by atoms with Crippen LogP contribution in [-0.4, -0.2) is 15.6 Å². The van der Waals surface area contributed by atoms with E-state index in [0.29, 0.717) is 6.04 Å². The molecule has 0 aliphatic heterocycles. The second kappa shape index (κ2) is 5.47. The fraction of sp³-hybridized carbons (Fsp3) is 0.625. The zero-order chi connectivity index (χ0) is 7.68. The van der Waals surface area contributed by atoms with E-state index in [1.165, 1.54) is 12.8 Å². The molecule has 76 valence electrons. The molecule has 0 radical (unpaired) electrons. The molecular formula is C8H15Cl2N3. The fourth-order valence-electron chi connectivity index (χ4n) is 1.63. The second-order valence-corrected chi connectivity index (χ2v) is 3.36. The molecule has 13 heavy (non-hydrogen) atoms. The van der Waals surface area contributed by atoms with Crippen molar-refractivity contribution >= 4 is 24.8 Å². The summed E-state index contributed by atoms with van der Waals surface area (Å²) in [5, 5.41) is 0. The number of hydrogen-bond donors (Lipinski definition) is 1. The van der Waals surface area contributed by atoms with Gasteiger partial charge in [0.2, 0.25) is 0 Å². The number of halogens is 2. The average Bonchev–Trinajstić information content (AvgIpc) is 2.36. The molecule has 1 aliphatic carbocycles. The third-order valence-corrected chi connectivity index (χ3v) is 2.30. The van der Waals surface area contributed by atoms with Gasteiger partial charge >= 0.3 is 0 Å². The summed E-state index contributed by atoms with van der Waals surface area (Å²) in [4.78, 5) is 3.98. The van der Waals surface area contributed by atoms with Crippen LogP contribution in [0.3, 0.4) is 0 Å². The van der Waals surface area contributed by atoms with Crippen molar-refractivity contribution in [3.63, 3.8) is 0 Å². The molecular weight excluding hydrogens is 209 g/mol. The van der Waals surface area contributed by atoms with Gasteiger partial charge in [-0.1, -0.05) is 0 Å². The second-order valence-electron chi connectivity index (χ2n) is 3.36. The van der Waals surface area contributed by atoms with Gasteiger partial charge in [-0.15, -0.1) is 24.8 Å². The van der Waals surface area contributed by atoms with Crippen LogP contribution in [0.5, 0.6) is 0 Å². The minimum absolute atomic E-state index is 0. The summed E-state index contributed by atoms with van der Waals surface area (Å²) in [6.07, 6.45) is 8.04. The number of imidazole rings is 1. The molecule has 1 aromatic heterocycles. The van der Waals surface area contributed by atoms with Gasteiger partial charge < -0.3 is 10.3 Å². The predicted molar refractivity (Wildman–Crippen MR) is 57.4 cm³/mol. The Kier molecular flexibility index (Phi) is 5.37. The number of aromatic nitrogens is 2. The van der Waals surface area contributed by atoms with Gasteiger partial charge in [-0.2, -0.15) is 0 Å². The first-order valence-corrected chi connectivity index (χ1v) is 4.06. The molecule has 1 fully saturated rings. The van der Waals surface area contributed by atoms with Crippen LogP contribution < -0.4 is 5.73 Å². The van der Waals surface area contributed by atoms with Crippen molar-refractivity contribution in [2.75, 3.05) is 0 Å². The Balaban J connectivity index is 0.000000720. The van der Waals surface area contributed by atoms with E-state index in [2.05, 4.69) is 9.55 Å². The van der Waals surface area contributed by atoms with Crippen LogP contribution in [0.15, 0.2) is 18.7 Å². The fourth-order valence-corrected chi connectivity index (χ4v) is 1.63. The number of nitrogens with two attached hydrogens (primary N) is 1. The minimum Gasteiger partial charge on any atom is -0.337 e. The number of hydrogen-bond acceptors (Lipinski definition) is 2. The molecule has 0 bridgehead atoms. The molecule has 0 atom stereocenters. The van der Waals surface area contributed by atoms with E-state index in [0.717, 1.165) is 12.5 Å². The summed E-state index contributed by atoms with van der Waals surface area (Å²) in [5.41, 5.74) is 5.67. The van der Waals surface area contributed by atoms with Crippen molar-refractivity contribution in [1.29, 1.82) is 0 Å². The maximum Gasteiger partial charge on any atom is 0.0945 e. The van der Waals surface area contributed by atoms with E-state index in [1.807, 2.05) is 18.7 Å². The molecule has 0 aromatic carbocycles.